The largest absolute Gasteiger partial charge is 0.497 e. The lowest BCUT2D eigenvalue weighted by molar-refractivity contribution is 0.0527. The molecule has 0 atom stereocenters. The van der Waals surface area contributed by atoms with Crippen molar-refractivity contribution in [2.75, 3.05) is 26.1 Å². The van der Waals surface area contributed by atoms with Crippen LogP contribution in [0.15, 0.2) is 48.5 Å². The summed E-state index contributed by atoms with van der Waals surface area (Å²) in [7, 11) is 3.10. The maximum atomic E-state index is 12.9. The van der Waals surface area contributed by atoms with E-state index in [9.17, 15) is 9.59 Å². The summed E-state index contributed by atoms with van der Waals surface area (Å²) in [6.45, 7) is 2.06. The Balaban J connectivity index is 1.92. The number of anilines is 1. The molecule has 3 aromatic rings. The third-order valence-electron chi connectivity index (χ3n) is 4.25. The van der Waals surface area contributed by atoms with Gasteiger partial charge < -0.3 is 19.5 Å². The molecule has 156 valence electrons. The van der Waals surface area contributed by atoms with E-state index in [-0.39, 0.29) is 24.5 Å². The lowest BCUT2D eigenvalue weighted by Gasteiger charge is -2.11. The van der Waals surface area contributed by atoms with Crippen LogP contribution in [0.25, 0.3) is 5.69 Å². The van der Waals surface area contributed by atoms with Crippen LogP contribution >= 0.6 is 0 Å². The van der Waals surface area contributed by atoms with E-state index in [0.29, 0.717) is 22.8 Å². The van der Waals surface area contributed by atoms with Crippen LogP contribution < -0.4 is 10.1 Å². The minimum absolute atomic E-state index is 0.0892. The first-order chi connectivity index (χ1) is 14.6. The van der Waals surface area contributed by atoms with E-state index in [1.807, 2.05) is 0 Å². The van der Waals surface area contributed by atoms with Crippen molar-refractivity contribution >= 4 is 17.6 Å². The average molecular weight is 410 g/mol. The molecule has 0 saturated carbocycles. The molecule has 0 aliphatic carbocycles. The summed E-state index contributed by atoms with van der Waals surface area (Å²) in [5, 5.41) is 10.9. The number of nitrogens with one attached hydrogen (secondary N) is 1. The zero-order chi connectivity index (χ0) is 21.5. The highest BCUT2D eigenvalue weighted by molar-refractivity contribution is 6.07. The maximum Gasteiger partial charge on any atom is 0.340 e. The van der Waals surface area contributed by atoms with Gasteiger partial charge in [0.05, 0.1) is 37.3 Å². The monoisotopic (exact) mass is 410 g/mol. The number of methoxy groups -OCH3 is 2. The number of hydrogen-bond acceptors (Lipinski definition) is 7. The summed E-state index contributed by atoms with van der Waals surface area (Å²) in [6.07, 6.45) is 0. The Hall–Kier alpha value is -3.72. The van der Waals surface area contributed by atoms with Crippen LogP contribution in [-0.4, -0.2) is 47.7 Å². The van der Waals surface area contributed by atoms with Crippen molar-refractivity contribution in [2.24, 2.45) is 0 Å². The van der Waals surface area contributed by atoms with Gasteiger partial charge in [-0.1, -0.05) is 17.3 Å². The van der Waals surface area contributed by atoms with Gasteiger partial charge in [-0.25, -0.2) is 9.48 Å². The lowest BCUT2D eigenvalue weighted by Crippen LogP contribution is -2.18. The van der Waals surface area contributed by atoms with Crippen LogP contribution in [-0.2, 0) is 16.1 Å². The van der Waals surface area contributed by atoms with Gasteiger partial charge in [-0.2, -0.15) is 0 Å². The second kappa shape index (κ2) is 9.66. The van der Waals surface area contributed by atoms with Gasteiger partial charge in [-0.3, -0.25) is 4.79 Å². The number of benzene rings is 2. The van der Waals surface area contributed by atoms with Crippen molar-refractivity contribution in [2.45, 2.75) is 13.5 Å². The topological polar surface area (TPSA) is 105 Å². The van der Waals surface area contributed by atoms with Crippen LogP contribution in [0.4, 0.5) is 5.69 Å². The van der Waals surface area contributed by atoms with E-state index in [4.69, 9.17) is 14.2 Å². The normalized spacial score (nSPS) is 10.5. The van der Waals surface area contributed by atoms with Crippen molar-refractivity contribution in [1.29, 1.82) is 0 Å². The highest BCUT2D eigenvalue weighted by Gasteiger charge is 2.22. The number of rotatable bonds is 8. The zero-order valence-electron chi connectivity index (χ0n) is 16.9. The molecule has 0 bridgehead atoms. The first-order valence-corrected chi connectivity index (χ1v) is 9.24. The minimum atomic E-state index is -0.521. The van der Waals surface area contributed by atoms with E-state index in [2.05, 4.69) is 15.6 Å². The fraction of sp³-hybridized carbons (Fsp3) is 0.238. The van der Waals surface area contributed by atoms with E-state index < -0.39 is 11.9 Å². The number of aromatic nitrogens is 3. The molecule has 2 aromatic carbocycles. The van der Waals surface area contributed by atoms with Crippen molar-refractivity contribution < 1.29 is 23.8 Å². The van der Waals surface area contributed by atoms with Crippen molar-refractivity contribution in [1.82, 2.24) is 15.0 Å². The minimum Gasteiger partial charge on any atom is -0.497 e. The quantitative estimate of drug-likeness (QED) is 0.569. The third kappa shape index (κ3) is 4.47. The van der Waals surface area contributed by atoms with Crippen LogP contribution in [0, 0.1) is 0 Å². The molecule has 1 aromatic heterocycles. The Morgan fingerprint density at radius 1 is 1.07 bits per heavy atom. The Kier molecular flexibility index (Phi) is 6.76. The number of para-hydroxylation sites is 1. The number of nitrogens with zero attached hydrogens (tertiary/aromatic N) is 3. The summed E-state index contributed by atoms with van der Waals surface area (Å²) < 4.78 is 17.0. The van der Waals surface area contributed by atoms with Crippen LogP contribution in [0.5, 0.6) is 5.75 Å². The van der Waals surface area contributed by atoms with Gasteiger partial charge in [0.25, 0.3) is 5.91 Å². The SMILES string of the molecule is CCOC(=O)c1ccccc1NC(=O)c1nnn(-c2ccc(OC)cc2)c1COC. The number of esters is 1. The average Bonchev–Trinajstić information content (AvgIpc) is 3.18. The predicted octanol–water partition coefficient (Wildman–Crippen LogP) is 2.85. The molecule has 9 nitrogen and oxygen atoms in total. The highest BCUT2D eigenvalue weighted by atomic mass is 16.5. The second-order valence-corrected chi connectivity index (χ2v) is 6.15. The number of hydrogen-bond donors (Lipinski definition) is 1. The van der Waals surface area contributed by atoms with Crippen LogP contribution in [0.1, 0.15) is 33.5 Å². The smallest absolute Gasteiger partial charge is 0.340 e. The second-order valence-electron chi connectivity index (χ2n) is 6.15. The molecule has 1 amide bonds. The fourth-order valence-electron chi connectivity index (χ4n) is 2.84. The zero-order valence-corrected chi connectivity index (χ0v) is 16.9. The standard InChI is InChI=1S/C21H22N4O5/c1-4-30-21(27)16-7-5-6-8-17(16)22-20(26)19-18(13-28-2)25(24-23-19)14-9-11-15(29-3)12-10-14/h5-12H,4,13H2,1-3H3,(H,22,26). The first-order valence-electron chi connectivity index (χ1n) is 9.24. The summed E-state index contributed by atoms with van der Waals surface area (Å²) in [5.41, 5.74) is 1.83. The molecule has 0 unspecified atom stereocenters. The fourth-order valence-corrected chi connectivity index (χ4v) is 2.84. The molecule has 0 saturated heterocycles. The van der Waals surface area contributed by atoms with Gasteiger partial charge in [-0.15, -0.1) is 5.10 Å². The summed E-state index contributed by atoms with van der Waals surface area (Å²) in [4.78, 5) is 25.1. The molecule has 30 heavy (non-hydrogen) atoms. The van der Waals surface area contributed by atoms with Gasteiger partial charge in [0.1, 0.15) is 11.4 Å². The third-order valence-corrected chi connectivity index (χ3v) is 4.25. The molecule has 0 radical (unpaired) electrons. The predicted molar refractivity (Wildman–Crippen MR) is 109 cm³/mol. The Morgan fingerprint density at radius 2 is 1.80 bits per heavy atom. The number of carbonyl (C=O) groups is 2. The van der Waals surface area contributed by atoms with Crippen LogP contribution in [0.3, 0.4) is 0 Å². The molecule has 1 N–H and O–H groups in total. The lowest BCUT2D eigenvalue weighted by atomic mass is 10.1. The molecule has 0 aliphatic rings. The first kappa shape index (κ1) is 21.0. The molecule has 0 fully saturated rings. The molecule has 0 aliphatic heterocycles. The Morgan fingerprint density at radius 3 is 2.47 bits per heavy atom. The van der Waals surface area contributed by atoms with Gasteiger partial charge in [0.2, 0.25) is 0 Å². The summed E-state index contributed by atoms with van der Waals surface area (Å²) >= 11 is 0. The van der Waals surface area contributed by atoms with Crippen molar-refractivity contribution in [3.8, 4) is 11.4 Å². The van der Waals surface area contributed by atoms with Crippen molar-refractivity contribution in [3.05, 3.63) is 65.5 Å². The van der Waals surface area contributed by atoms with Crippen LogP contribution in [0.2, 0.25) is 0 Å². The summed E-state index contributed by atoms with van der Waals surface area (Å²) in [5.74, 6) is -0.341. The van der Waals surface area contributed by atoms with Gasteiger partial charge in [0.15, 0.2) is 5.69 Å². The summed E-state index contributed by atoms with van der Waals surface area (Å²) in [6, 6.07) is 13.8. The van der Waals surface area contributed by atoms with E-state index in [1.54, 1.807) is 62.6 Å². The molecule has 0 spiro atoms. The van der Waals surface area contributed by atoms with Crippen molar-refractivity contribution in [3.63, 3.8) is 0 Å². The van der Waals surface area contributed by atoms with Gasteiger partial charge >= 0.3 is 5.97 Å². The van der Waals surface area contributed by atoms with E-state index in [0.717, 1.165) is 0 Å². The maximum absolute atomic E-state index is 12.9. The number of carbonyl (C=O) groups excluding carboxylic acids is 2. The Labute approximate surface area is 173 Å². The molecule has 3 rings (SSSR count). The number of amides is 1. The molecular weight excluding hydrogens is 388 g/mol. The van der Waals surface area contributed by atoms with E-state index in [1.165, 1.54) is 11.8 Å². The highest BCUT2D eigenvalue weighted by Crippen LogP contribution is 2.21. The molecule has 9 heteroatoms. The van der Waals surface area contributed by atoms with E-state index >= 15 is 0 Å². The molecular formula is C21H22N4O5. The Bertz CT molecular complexity index is 1030. The number of ether oxygens (including phenoxy) is 3. The van der Waals surface area contributed by atoms with Gasteiger partial charge in [-0.05, 0) is 43.3 Å². The molecule has 1 heterocycles. The van der Waals surface area contributed by atoms with Gasteiger partial charge in [0, 0.05) is 7.11 Å².